The number of esters is 1. The molecule has 0 aromatic heterocycles. The van der Waals surface area contributed by atoms with Crippen LogP contribution in [-0.4, -0.2) is 28.2 Å². The van der Waals surface area contributed by atoms with Crippen molar-refractivity contribution in [3.63, 3.8) is 0 Å². The maximum atomic E-state index is 12.1. The SMILES string of the molecule is O=C(CCC1CCCCC1)Oc1cccc(/C=C2\SC(=O)NC2=O)c1Cl.O=C(O)CCC1CCCCC1. The number of ether oxygens (including phenoxy) is 1. The smallest absolute Gasteiger partial charge is 0.311 e. The molecular weight excluding hydrogens is 514 g/mol. The van der Waals surface area contributed by atoms with Crippen LogP contribution in [0.1, 0.15) is 95.5 Å². The zero-order valence-electron chi connectivity index (χ0n) is 21.1. The summed E-state index contributed by atoms with van der Waals surface area (Å²) in [5.41, 5.74) is 0.525. The van der Waals surface area contributed by atoms with E-state index >= 15 is 0 Å². The first-order valence-electron chi connectivity index (χ1n) is 13.3. The lowest BCUT2D eigenvalue weighted by Gasteiger charge is -2.20. The Balaban J connectivity index is 0.000000289. The highest BCUT2D eigenvalue weighted by molar-refractivity contribution is 8.18. The van der Waals surface area contributed by atoms with Crippen molar-refractivity contribution in [1.29, 1.82) is 0 Å². The van der Waals surface area contributed by atoms with Crippen LogP contribution in [-0.2, 0) is 14.4 Å². The molecule has 3 aliphatic rings. The largest absolute Gasteiger partial charge is 0.481 e. The fraction of sp³-hybridized carbons (Fsp3) is 0.571. The summed E-state index contributed by atoms with van der Waals surface area (Å²) in [6.07, 6.45) is 16.7. The molecule has 202 valence electrons. The molecule has 9 heteroatoms. The molecule has 0 unspecified atom stereocenters. The molecule has 0 atom stereocenters. The van der Waals surface area contributed by atoms with Gasteiger partial charge in [-0.1, -0.05) is 87.9 Å². The predicted octanol–water partition coefficient (Wildman–Crippen LogP) is 7.36. The number of carbonyl (C=O) groups excluding carboxylic acids is 3. The summed E-state index contributed by atoms with van der Waals surface area (Å²) >= 11 is 7.13. The molecule has 0 radical (unpaired) electrons. The second-order valence-electron chi connectivity index (χ2n) is 9.96. The van der Waals surface area contributed by atoms with Crippen LogP contribution in [0.4, 0.5) is 4.79 Å². The Morgan fingerprint density at radius 3 is 2.11 bits per heavy atom. The van der Waals surface area contributed by atoms with E-state index in [1.54, 1.807) is 18.2 Å². The van der Waals surface area contributed by atoms with Crippen molar-refractivity contribution in [3.8, 4) is 5.75 Å². The number of thioether (sulfide) groups is 1. The number of rotatable bonds is 8. The summed E-state index contributed by atoms with van der Waals surface area (Å²) in [5.74, 6) is 0.189. The molecule has 2 aliphatic carbocycles. The van der Waals surface area contributed by atoms with E-state index in [-0.39, 0.29) is 21.6 Å². The van der Waals surface area contributed by atoms with Gasteiger partial charge >= 0.3 is 11.9 Å². The minimum Gasteiger partial charge on any atom is -0.481 e. The number of aliphatic carboxylic acids is 1. The summed E-state index contributed by atoms with van der Waals surface area (Å²) in [7, 11) is 0. The first-order valence-corrected chi connectivity index (χ1v) is 14.5. The van der Waals surface area contributed by atoms with Crippen molar-refractivity contribution >= 4 is 52.5 Å². The molecule has 0 bridgehead atoms. The van der Waals surface area contributed by atoms with Gasteiger partial charge in [-0.05, 0) is 54.1 Å². The topological polar surface area (TPSA) is 110 Å². The zero-order chi connectivity index (χ0) is 26.6. The molecular formula is C28H36ClNO6S. The van der Waals surface area contributed by atoms with Gasteiger partial charge < -0.3 is 9.84 Å². The Morgan fingerprint density at radius 2 is 1.57 bits per heavy atom. The van der Waals surface area contributed by atoms with Gasteiger partial charge in [0.05, 0.1) is 9.93 Å². The number of nitrogens with one attached hydrogen (secondary N) is 1. The van der Waals surface area contributed by atoms with E-state index in [1.807, 2.05) is 0 Å². The monoisotopic (exact) mass is 549 g/mol. The third-order valence-corrected chi connectivity index (χ3v) is 8.33. The molecule has 4 rings (SSSR count). The Labute approximate surface area is 227 Å². The highest BCUT2D eigenvalue weighted by Gasteiger charge is 2.25. The number of halogens is 1. The maximum Gasteiger partial charge on any atom is 0.311 e. The highest BCUT2D eigenvalue weighted by Crippen LogP contribution is 2.34. The van der Waals surface area contributed by atoms with Crippen LogP contribution in [0.15, 0.2) is 23.1 Å². The minimum absolute atomic E-state index is 0.249. The molecule has 1 heterocycles. The van der Waals surface area contributed by atoms with Crippen LogP contribution in [0.5, 0.6) is 5.75 Å². The average molecular weight is 550 g/mol. The quantitative estimate of drug-likeness (QED) is 0.198. The number of carboxylic acid groups (broad SMARTS) is 1. The molecule has 2 saturated carbocycles. The van der Waals surface area contributed by atoms with Crippen LogP contribution < -0.4 is 10.1 Å². The van der Waals surface area contributed by atoms with Crippen molar-refractivity contribution in [3.05, 3.63) is 33.7 Å². The van der Waals surface area contributed by atoms with Gasteiger partial charge in [-0.2, -0.15) is 0 Å². The standard InChI is InChI=1S/C19H20ClNO4S.C9H16O2/c20-17-13(11-15-18(23)21-19(24)26-15)7-4-8-14(17)25-16(22)10-9-12-5-2-1-3-6-12;10-9(11)7-6-8-4-2-1-3-5-8/h4,7-8,11-12H,1-3,5-6,9-10H2,(H,21,23,24);8H,1-7H2,(H,10,11)/b15-11-;. The van der Waals surface area contributed by atoms with Gasteiger partial charge in [0.2, 0.25) is 0 Å². The van der Waals surface area contributed by atoms with E-state index in [0.29, 0.717) is 30.2 Å². The molecule has 7 nitrogen and oxygen atoms in total. The number of carboxylic acids is 1. The minimum atomic E-state index is -0.643. The van der Waals surface area contributed by atoms with Crippen molar-refractivity contribution in [2.75, 3.05) is 0 Å². The Kier molecular flexibility index (Phi) is 12.0. The number of benzene rings is 1. The number of hydrogen-bond donors (Lipinski definition) is 2. The van der Waals surface area contributed by atoms with Gasteiger partial charge in [-0.15, -0.1) is 0 Å². The molecule has 1 aliphatic heterocycles. The van der Waals surface area contributed by atoms with Crippen molar-refractivity contribution < 1.29 is 29.0 Å². The number of hydrogen-bond acceptors (Lipinski definition) is 6. The van der Waals surface area contributed by atoms with E-state index in [0.717, 1.165) is 24.6 Å². The summed E-state index contributed by atoms with van der Waals surface area (Å²) in [5, 5.41) is 10.5. The Hall–Kier alpha value is -2.32. The van der Waals surface area contributed by atoms with E-state index < -0.39 is 17.1 Å². The molecule has 1 aromatic rings. The summed E-state index contributed by atoms with van der Waals surface area (Å²) in [6, 6.07) is 5.02. The van der Waals surface area contributed by atoms with E-state index in [1.165, 1.54) is 70.3 Å². The molecule has 3 fully saturated rings. The highest BCUT2D eigenvalue weighted by atomic mass is 35.5. The fourth-order valence-electron chi connectivity index (χ4n) is 5.06. The normalized spacial score (nSPS) is 19.8. The lowest BCUT2D eigenvalue weighted by atomic mass is 9.86. The third-order valence-electron chi connectivity index (χ3n) is 7.12. The Bertz CT molecular complexity index is 998. The number of imide groups is 1. The molecule has 1 saturated heterocycles. The number of amides is 2. The van der Waals surface area contributed by atoms with Gasteiger partial charge in [0, 0.05) is 12.8 Å². The second kappa shape index (κ2) is 15.2. The lowest BCUT2D eigenvalue weighted by Crippen LogP contribution is -2.17. The predicted molar refractivity (Wildman–Crippen MR) is 145 cm³/mol. The molecule has 0 spiro atoms. The molecule has 1 aromatic carbocycles. The molecule has 37 heavy (non-hydrogen) atoms. The van der Waals surface area contributed by atoms with Crippen LogP contribution in [0.2, 0.25) is 5.02 Å². The Morgan fingerprint density at radius 1 is 0.973 bits per heavy atom. The van der Waals surface area contributed by atoms with Gasteiger partial charge in [0.15, 0.2) is 0 Å². The lowest BCUT2D eigenvalue weighted by molar-refractivity contribution is -0.137. The number of carbonyl (C=O) groups is 4. The van der Waals surface area contributed by atoms with E-state index in [9.17, 15) is 19.2 Å². The average Bonchev–Trinajstić information content (AvgIpc) is 3.21. The van der Waals surface area contributed by atoms with Gasteiger partial charge in [0.1, 0.15) is 5.75 Å². The van der Waals surface area contributed by atoms with E-state index in [4.69, 9.17) is 21.4 Å². The molecule has 2 N–H and O–H groups in total. The zero-order valence-corrected chi connectivity index (χ0v) is 22.7. The third kappa shape index (κ3) is 10.2. The summed E-state index contributed by atoms with van der Waals surface area (Å²) < 4.78 is 5.41. The van der Waals surface area contributed by atoms with Crippen molar-refractivity contribution in [2.24, 2.45) is 11.8 Å². The van der Waals surface area contributed by atoms with E-state index in [2.05, 4.69) is 5.32 Å². The van der Waals surface area contributed by atoms with Gasteiger partial charge in [-0.3, -0.25) is 24.5 Å². The van der Waals surface area contributed by atoms with Crippen LogP contribution >= 0.6 is 23.4 Å². The first kappa shape index (κ1) is 29.2. The first-order chi connectivity index (χ1) is 17.8. The van der Waals surface area contributed by atoms with Crippen molar-refractivity contribution in [2.45, 2.75) is 89.9 Å². The van der Waals surface area contributed by atoms with Crippen molar-refractivity contribution in [1.82, 2.24) is 5.32 Å². The van der Waals surface area contributed by atoms with Gasteiger partial charge in [-0.25, -0.2) is 0 Å². The van der Waals surface area contributed by atoms with Crippen LogP contribution in [0, 0.1) is 11.8 Å². The van der Waals surface area contributed by atoms with Gasteiger partial charge in [0.25, 0.3) is 11.1 Å². The van der Waals surface area contributed by atoms with Crippen LogP contribution in [0.3, 0.4) is 0 Å². The maximum absolute atomic E-state index is 12.1. The summed E-state index contributed by atoms with van der Waals surface area (Å²) in [6.45, 7) is 0. The fourth-order valence-corrected chi connectivity index (χ4v) is 5.95. The summed E-state index contributed by atoms with van der Waals surface area (Å²) in [4.78, 5) is 45.5. The van der Waals surface area contributed by atoms with Crippen LogP contribution in [0.25, 0.3) is 6.08 Å². The molecule has 2 amide bonds. The second-order valence-corrected chi connectivity index (χ2v) is 11.4.